The number of rotatable bonds is 2. The summed E-state index contributed by atoms with van der Waals surface area (Å²) in [5, 5.41) is 21.8. The number of carbonyl (C=O) groups excluding carboxylic acids is 1. The molecule has 130 valence electrons. The molecule has 2 aromatic carbocycles. The third-order valence-electron chi connectivity index (χ3n) is 4.60. The Morgan fingerprint density at radius 1 is 1.20 bits per heavy atom. The first-order valence-corrected chi connectivity index (χ1v) is 7.66. The average Bonchev–Trinajstić information content (AvgIpc) is 2.62. The Labute approximate surface area is 143 Å². The first-order chi connectivity index (χ1) is 12.0. The quantitative estimate of drug-likeness (QED) is 0.855. The van der Waals surface area contributed by atoms with Crippen LogP contribution in [0.4, 0.5) is 0 Å². The molecule has 7 heteroatoms. The summed E-state index contributed by atoms with van der Waals surface area (Å²) in [5.74, 6) is -0.375. The number of hydrogen-bond acceptors (Lipinski definition) is 7. The van der Waals surface area contributed by atoms with Gasteiger partial charge in [0.2, 0.25) is 11.5 Å². The van der Waals surface area contributed by atoms with Crippen LogP contribution in [0.5, 0.6) is 28.7 Å². The van der Waals surface area contributed by atoms with E-state index in [0.29, 0.717) is 11.3 Å². The first-order valence-electron chi connectivity index (χ1n) is 7.66. The fraction of sp³-hybridized carbons (Fsp3) is 0.278. The van der Waals surface area contributed by atoms with Gasteiger partial charge < -0.3 is 29.2 Å². The minimum atomic E-state index is -1.96. The van der Waals surface area contributed by atoms with E-state index >= 15 is 0 Å². The number of phenols is 1. The Bertz CT molecular complexity index is 876. The van der Waals surface area contributed by atoms with Crippen molar-refractivity contribution < 1.29 is 34.0 Å². The summed E-state index contributed by atoms with van der Waals surface area (Å²) in [5.41, 5.74) is -1.80. The molecular formula is C18H16O7. The molecular weight excluding hydrogens is 328 g/mol. The van der Waals surface area contributed by atoms with Crippen molar-refractivity contribution in [2.75, 3.05) is 20.8 Å². The van der Waals surface area contributed by atoms with Gasteiger partial charge in [0, 0.05) is 11.6 Å². The largest absolute Gasteiger partial charge is 0.504 e. The molecule has 0 radical (unpaired) electrons. The lowest BCUT2D eigenvalue weighted by molar-refractivity contribution is -0.0801. The van der Waals surface area contributed by atoms with Crippen LogP contribution in [0, 0.1) is 0 Å². The van der Waals surface area contributed by atoms with Crippen LogP contribution in [-0.2, 0) is 5.60 Å². The first kappa shape index (κ1) is 15.6. The Morgan fingerprint density at radius 2 is 1.96 bits per heavy atom. The number of methoxy groups -OCH3 is 2. The standard InChI is InChI=1S/C18H16O7/c1-22-12-7-11-14(15(19)16(12)23-2)17(20)18(21)9-5-3-4-6-10(9)24-8-13(18)25-11/h3-7,13,19,21H,8H2,1-2H3/t13-,18+/m0/s1. The highest BCUT2D eigenvalue weighted by Gasteiger charge is 2.56. The molecule has 0 unspecified atom stereocenters. The normalized spacial score (nSPS) is 23.5. The maximum absolute atomic E-state index is 13.2. The number of Topliss-reactive ketones (excluding diaryl/α,β-unsaturated/α-hetero) is 1. The molecule has 4 rings (SSSR count). The molecule has 0 bridgehead atoms. The predicted octanol–water partition coefficient (Wildman–Crippen LogP) is 1.63. The number of fused-ring (bicyclic) bond motifs is 4. The third kappa shape index (κ3) is 1.93. The number of ether oxygens (including phenoxy) is 4. The van der Waals surface area contributed by atoms with Crippen LogP contribution in [0.15, 0.2) is 30.3 Å². The van der Waals surface area contributed by atoms with E-state index in [1.54, 1.807) is 24.3 Å². The van der Waals surface area contributed by atoms with E-state index in [4.69, 9.17) is 18.9 Å². The van der Waals surface area contributed by atoms with Gasteiger partial charge in [-0.2, -0.15) is 0 Å². The molecule has 0 aliphatic carbocycles. The molecule has 25 heavy (non-hydrogen) atoms. The molecule has 0 spiro atoms. The molecule has 2 N–H and O–H groups in total. The minimum Gasteiger partial charge on any atom is -0.504 e. The van der Waals surface area contributed by atoms with Gasteiger partial charge >= 0.3 is 0 Å². The Hall–Kier alpha value is -2.93. The van der Waals surface area contributed by atoms with E-state index in [1.165, 1.54) is 20.3 Å². The topological polar surface area (TPSA) is 94.5 Å². The van der Waals surface area contributed by atoms with E-state index in [1.807, 2.05) is 0 Å². The number of para-hydroxylation sites is 1. The van der Waals surface area contributed by atoms with Gasteiger partial charge in [0.05, 0.1) is 14.2 Å². The molecule has 2 aromatic rings. The van der Waals surface area contributed by atoms with Crippen molar-refractivity contribution in [2.45, 2.75) is 11.7 Å². The van der Waals surface area contributed by atoms with Crippen molar-refractivity contribution in [3.05, 3.63) is 41.5 Å². The van der Waals surface area contributed by atoms with Gasteiger partial charge in [-0.3, -0.25) is 4.79 Å². The summed E-state index contributed by atoms with van der Waals surface area (Å²) in [7, 11) is 2.75. The minimum absolute atomic E-state index is 0.000551. The van der Waals surface area contributed by atoms with Gasteiger partial charge in [-0.1, -0.05) is 18.2 Å². The molecule has 7 nitrogen and oxygen atoms in total. The zero-order chi connectivity index (χ0) is 17.8. The molecule has 0 saturated carbocycles. The van der Waals surface area contributed by atoms with Crippen molar-refractivity contribution in [3.63, 3.8) is 0 Å². The molecule has 2 atom stereocenters. The van der Waals surface area contributed by atoms with Gasteiger partial charge in [0.1, 0.15) is 23.7 Å². The molecule has 0 saturated heterocycles. The van der Waals surface area contributed by atoms with E-state index in [2.05, 4.69) is 0 Å². The highest BCUT2D eigenvalue weighted by atomic mass is 16.6. The van der Waals surface area contributed by atoms with Crippen LogP contribution < -0.4 is 18.9 Å². The summed E-state index contributed by atoms with van der Waals surface area (Å²) in [4.78, 5) is 13.2. The van der Waals surface area contributed by atoms with E-state index in [9.17, 15) is 15.0 Å². The summed E-state index contributed by atoms with van der Waals surface area (Å²) in [6.45, 7) is -0.00615. The van der Waals surface area contributed by atoms with E-state index in [0.717, 1.165) is 0 Å². The molecule has 0 aromatic heterocycles. The molecule has 0 fully saturated rings. The summed E-state index contributed by atoms with van der Waals surface area (Å²) in [6.07, 6.45) is -0.945. The van der Waals surface area contributed by atoms with Gasteiger partial charge in [-0.15, -0.1) is 0 Å². The Balaban J connectivity index is 1.95. The van der Waals surface area contributed by atoms with E-state index < -0.39 is 23.2 Å². The highest BCUT2D eigenvalue weighted by molar-refractivity contribution is 6.09. The van der Waals surface area contributed by atoms with Crippen LogP contribution in [0.1, 0.15) is 15.9 Å². The van der Waals surface area contributed by atoms with Gasteiger partial charge in [0.25, 0.3) is 0 Å². The van der Waals surface area contributed by atoms with Crippen LogP contribution in [0.2, 0.25) is 0 Å². The zero-order valence-electron chi connectivity index (χ0n) is 13.6. The Kier molecular flexibility index (Phi) is 3.30. The number of hydrogen-bond donors (Lipinski definition) is 2. The smallest absolute Gasteiger partial charge is 0.210 e. The number of benzene rings is 2. The van der Waals surface area contributed by atoms with Gasteiger partial charge in [-0.05, 0) is 6.07 Å². The molecule has 2 aliphatic rings. The van der Waals surface area contributed by atoms with Gasteiger partial charge in [-0.25, -0.2) is 0 Å². The number of aromatic hydroxyl groups is 1. The number of phenolic OH excluding ortho intramolecular Hbond substituents is 1. The third-order valence-corrected chi connectivity index (χ3v) is 4.60. The second-order valence-electron chi connectivity index (χ2n) is 5.84. The summed E-state index contributed by atoms with van der Waals surface area (Å²) < 4.78 is 21.7. The lowest BCUT2D eigenvalue weighted by Crippen LogP contribution is -2.57. The maximum Gasteiger partial charge on any atom is 0.210 e. The average molecular weight is 344 g/mol. The van der Waals surface area contributed by atoms with Crippen molar-refractivity contribution >= 4 is 5.78 Å². The zero-order valence-corrected chi connectivity index (χ0v) is 13.6. The van der Waals surface area contributed by atoms with Crippen molar-refractivity contribution in [1.29, 1.82) is 0 Å². The van der Waals surface area contributed by atoms with Crippen LogP contribution in [0.25, 0.3) is 0 Å². The number of ketones is 1. The second-order valence-corrected chi connectivity index (χ2v) is 5.84. The lowest BCUT2D eigenvalue weighted by Gasteiger charge is -2.43. The van der Waals surface area contributed by atoms with Crippen molar-refractivity contribution in [3.8, 4) is 28.7 Å². The van der Waals surface area contributed by atoms with Crippen molar-refractivity contribution in [1.82, 2.24) is 0 Å². The summed E-state index contributed by atoms with van der Waals surface area (Å²) >= 11 is 0. The Morgan fingerprint density at radius 3 is 2.68 bits per heavy atom. The maximum atomic E-state index is 13.2. The number of carbonyl (C=O) groups is 1. The fourth-order valence-corrected chi connectivity index (χ4v) is 3.36. The molecule has 0 amide bonds. The SMILES string of the molecule is COc1cc2c(c(O)c1OC)C(=O)[C@@]1(O)c3ccccc3OC[C@@H]1O2. The monoisotopic (exact) mass is 344 g/mol. The lowest BCUT2D eigenvalue weighted by atomic mass is 9.77. The van der Waals surface area contributed by atoms with Crippen LogP contribution in [0.3, 0.4) is 0 Å². The van der Waals surface area contributed by atoms with Gasteiger partial charge in [0.15, 0.2) is 23.2 Å². The summed E-state index contributed by atoms with van der Waals surface area (Å²) in [6, 6.07) is 8.16. The molecule has 2 aliphatic heterocycles. The number of aliphatic hydroxyl groups is 1. The predicted molar refractivity (Wildman–Crippen MR) is 85.8 cm³/mol. The van der Waals surface area contributed by atoms with Crippen LogP contribution >= 0.6 is 0 Å². The second kappa shape index (κ2) is 5.29. The van der Waals surface area contributed by atoms with Crippen LogP contribution in [-0.4, -0.2) is 42.9 Å². The fourth-order valence-electron chi connectivity index (χ4n) is 3.36. The molecule has 2 heterocycles. The van der Waals surface area contributed by atoms with E-state index in [-0.39, 0.29) is 29.4 Å². The highest BCUT2D eigenvalue weighted by Crippen LogP contribution is 2.52. The van der Waals surface area contributed by atoms with Crippen molar-refractivity contribution in [2.24, 2.45) is 0 Å².